The largest absolute Gasteiger partial charge is 0.467 e. The van der Waals surface area contributed by atoms with Crippen LogP contribution in [0.15, 0.2) is 34.9 Å². The summed E-state index contributed by atoms with van der Waals surface area (Å²) in [4.78, 5) is 14.7. The lowest BCUT2D eigenvalue weighted by molar-refractivity contribution is 0.102. The van der Waals surface area contributed by atoms with Crippen LogP contribution in [0.4, 0.5) is 5.69 Å². The van der Waals surface area contributed by atoms with E-state index < -0.39 is 0 Å². The van der Waals surface area contributed by atoms with Crippen molar-refractivity contribution in [2.45, 2.75) is 33.0 Å². The van der Waals surface area contributed by atoms with Gasteiger partial charge in [0.1, 0.15) is 12.0 Å². The monoisotopic (exact) mass is 299 g/mol. The molecule has 0 saturated carbocycles. The van der Waals surface area contributed by atoms with E-state index in [1.165, 1.54) is 17.4 Å². The van der Waals surface area contributed by atoms with Gasteiger partial charge in [0, 0.05) is 18.8 Å². The summed E-state index contributed by atoms with van der Waals surface area (Å²) >= 11 is 0. The van der Waals surface area contributed by atoms with Crippen molar-refractivity contribution < 1.29 is 9.21 Å². The number of furan rings is 1. The van der Waals surface area contributed by atoms with Gasteiger partial charge < -0.3 is 15.5 Å². The fourth-order valence-electron chi connectivity index (χ4n) is 2.88. The van der Waals surface area contributed by atoms with Gasteiger partial charge in [-0.2, -0.15) is 0 Å². The van der Waals surface area contributed by atoms with Crippen LogP contribution < -0.4 is 11.1 Å². The number of anilines is 1. The Hall–Kier alpha value is -2.11. The molecule has 116 valence electrons. The van der Waals surface area contributed by atoms with Crippen molar-refractivity contribution >= 4 is 11.6 Å². The molecule has 0 fully saturated rings. The molecule has 2 heterocycles. The van der Waals surface area contributed by atoms with Gasteiger partial charge in [0.05, 0.1) is 12.1 Å². The lowest BCUT2D eigenvalue weighted by Crippen LogP contribution is -2.17. The van der Waals surface area contributed by atoms with E-state index >= 15 is 0 Å². The second-order valence-corrected chi connectivity index (χ2v) is 5.61. The Morgan fingerprint density at radius 3 is 3.00 bits per heavy atom. The minimum Gasteiger partial charge on any atom is -0.467 e. The minimum absolute atomic E-state index is 0.161. The first-order valence-electron chi connectivity index (χ1n) is 7.63. The number of benzene rings is 1. The molecule has 3 rings (SSSR count). The lowest BCUT2D eigenvalue weighted by Gasteiger charge is -2.13. The highest BCUT2D eigenvalue weighted by molar-refractivity contribution is 6.04. The van der Waals surface area contributed by atoms with E-state index in [1.54, 1.807) is 6.07 Å². The Kier molecular flexibility index (Phi) is 4.27. The number of carbonyl (C=O) groups excluding carboxylic acids is 1. The maximum Gasteiger partial charge on any atom is 0.258 e. The first-order valence-corrected chi connectivity index (χ1v) is 7.63. The molecule has 0 bridgehead atoms. The smallest absolute Gasteiger partial charge is 0.258 e. The highest BCUT2D eigenvalue weighted by Gasteiger charge is 2.22. The third-order valence-electron chi connectivity index (χ3n) is 3.95. The molecule has 22 heavy (non-hydrogen) atoms. The molecule has 0 saturated heterocycles. The van der Waals surface area contributed by atoms with E-state index in [0.29, 0.717) is 17.9 Å². The minimum atomic E-state index is -0.161. The van der Waals surface area contributed by atoms with Crippen LogP contribution in [0.3, 0.4) is 0 Å². The van der Waals surface area contributed by atoms with Gasteiger partial charge in [-0.1, -0.05) is 19.1 Å². The van der Waals surface area contributed by atoms with Gasteiger partial charge in [-0.15, -0.1) is 0 Å². The van der Waals surface area contributed by atoms with Crippen molar-refractivity contribution in [3.8, 4) is 0 Å². The molecule has 1 amide bonds. The van der Waals surface area contributed by atoms with Crippen LogP contribution in [0, 0.1) is 0 Å². The van der Waals surface area contributed by atoms with Crippen LogP contribution in [-0.4, -0.2) is 17.4 Å². The van der Waals surface area contributed by atoms with E-state index in [0.717, 1.165) is 31.7 Å². The first kappa shape index (κ1) is 14.8. The molecule has 0 spiro atoms. The van der Waals surface area contributed by atoms with Crippen LogP contribution >= 0.6 is 0 Å². The van der Waals surface area contributed by atoms with E-state index in [-0.39, 0.29) is 5.91 Å². The molecule has 5 heteroatoms. The highest BCUT2D eigenvalue weighted by Crippen LogP contribution is 2.29. The zero-order valence-corrected chi connectivity index (χ0v) is 12.8. The normalized spacial score (nSPS) is 14.1. The summed E-state index contributed by atoms with van der Waals surface area (Å²) in [5, 5.41) is 2.99. The zero-order valence-electron chi connectivity index (χ0n) is 12.8. The van der Waals surface area contributed by atoms with Crippen molar-refractivity contribution in [2.75, 3.05) is 11.9 Å². The number of amides is 1. The summed E-state index contributed by atoms with van der Waals surface area (Å²) in [6.07, 6.45) is 2.58. The zero-order chi connectivity index (χ0) is 15.5. The van der Waals surface area contributed by atoms with Gasteiger partial charge in [-0.25, -0.2) is 0 Å². The fourth-order valence-corrected chi connectivity index (χ4v) is 2.88. The summed E-state index contributed by atoms with van der Waals surface area (Å²) < 4.78 is 5.22. The molecular formula is C17H21N3O2. The maximum absolute atomic E-state index is 12.3. The Morgan fingerprint density at radius 1 is 1.41 bits per heavy atom. The van der Waals surface area contributed by atoms with Crippen LogP contribution in [0.5, 0.6) is 0 Å². The van der Waals surface area contributed by atoms with Gasteiger partial charge in [0.2, 0.25) is 0 Å². The second-order valence-electron chi connectivity index (χ2n) is 5.61. The van der Waals surface area contributed by atoms with Crippen LogP contribution in [0.1, 0.15) is 40.6 Å². The number of carbonyl (C=O) groups is 1. The Balaban J connectivity index is 1.77. The number of rotatable bonds is 5. The van der Waals surface area contributed by atoms with Gasteiger partial charge in [0.25, 0.3) is 5.91 Å². The lowest BCUT2D eigenvalue weighted by atomic mass is 10.1. The van der Waals surface area contributed by atoms with E-state index in [4.69, 9.17) is 10.2 Å². The molecule has 0 unspecified atom stereocenters. The van der Waals surface area contributed by atoms with Crippen molar-refractivity contribution in [2.24, 2.45) is 5.73 Å². The number of hydrogen-bond donors (Lipinski definition) is 2. The molecule has 0 radical (unpaired) electrons. The van der Waals surface area contributed by atoms with Crippen LogP contribution in [-0.2, 0) is 19.6 Å². The van der Waals surface area contributed by atoms with Gasteiger partial charge >= 0.3 is 0 Å². The first-order chi connectivity index (χ1) is 10.7. The summed E-state index contributed by atoms with van der Waals surface area (Å²) in [5.41, 5.74) is 9.40. The fraction of sp³-hybridized carbons (Fsp3) is 0.353. The van der Waals surface area contributed by atoms with E-state index in [2.05, 4.69) is 23.2 Å². The summed E-state index contributed by atoms with van der Waals surface area (Å²) in [6, 6.07) is 7.76. The Bertz CT molecular complexity index is 678. The molecule has 3 N–H and O–H groups in total. The molecular weight excluding hydrogens is 278 g/mol. The van der Waals surface area contributed by atoms with Gasteiger partial charge in [-0.05, 0) is 36.2 Å². The van der Waals surface area contributed by atoms with Crippen molar-refractivity contribution in [1.29, 1.82) is 0 Å². The van der Waals surface area contributed by atoms with E-state index in [1.807, 2.05) is 12.1 Å². The van der Waals surface area contributed by atoms with Gasteiger partial charge in [0.15, 0.2) is 0 Å². The molecule has 1 aliphatic heterocycles. The molecule has 0 aliphatic carbocycles. The number of fused-ring (bicyclic) bond motifs is 1. The maximum atomic E-state index is 12.3. The average molecular weight is 299 g/mol. The predicted octanol–water partition coefficient (Wildman–Crippen LogP) is 2.72. The average Bonchev–Trinajstić information content (AvgIpc) is 3.14. The predicted molar refractivity (Wildman–Crippen MR) is 85.4 cm³/mol. The molecule has 1 aromatic heterocycles. The standard InChI is InChI=1S/C17H21N3O2/c1-2-6-20-9-12-4-3-5-16(15(12)10-20)19-17(21)13-7-14(8-18)22-11-13/h3-5,7,11H,2,6,8-10,18H2,1H3,(H,19,21). The number of nitrogens with one attached hydrogen (secondary N) is 1. The quantitative estimate of drug-likeness (QED) is 0.890. The SMILES string of the molecule is CCCN1Cc2cccc(NC(=O)c3coc(CN)c3)c2C1. The molecule has 1 aromatic carbocycles. The van der Waals surface area contributed by atoms with E-state index in [9.17, 15) is 4.79 Å². The van der Waals surface area contributed by atoms with Crippen molar-refractivity contribution in [3.63, 3.8) is 0 Å². The molecule has 5 nitrogen and oxygen atoms in total. The molecule has 0 atom stereocenters. The number of hydrogen-bond acceptors (Lipinski definition) is 4. The summed E-state index contributed by atoms with van der Waals surface area (Å²) in [5.74, 6) is 0.448. The highest BCUT2D eigenvalue weighted by atomic mass is 16.3. The number of nitrogens with two attached hydrogens (primary N) is 1. The Morgan fingerprint density at radius 2 is 2.27 bits per heavy atom. The van der Waals surface area contributed by atoms with Gasteiger partial charge in [-0.3, -0.25) is 9.69 Å². The molecule has 1 aliphatic rings. The number of nitrogens with zero attached hydrogens (tertiary/aromatic N) is 1. The third kappa shape index (κ3) is 2.91. The summed E-state index contributed by atoms with van der Waals surface area (Å²) in [7, 11) is 0. The van der Waals surface area contributed by atoms with Crippen molar-refractivity contribution in [1.82, 2.24) is 4.90 Å². The van der Waals surface area contributed by atoms with Crippen LogP contribution in [0.25, 0.3) is 0 Å². The topological polar surface area (TPSA) is 71.5 Å². The summed E-state index contributed by atoms with van der Waals surface area (Å²) in [6.45, 7) is 5.39. The molecule has 2 aromatic rings. The van der Waals surface area contributed by atoms with Crippen LogP contribution in [0.2, 0.25) is 0 Å². The third-order valence-corrected chi connectivity index (χ3v) is 3.95. The second kappa shape index (κ2) is 6.34. The Labute approximate surface area is 130 Å². The van der Waals surface area contributed by atoms with Crippen molar-refractivity contribution in [3.05, 3.63) is 53.0 Å².